The normalized spacial score (nSPS) is 14.3. The molecule has 1 aliphatic heterocycles. The lowest BCUT2D eigenvalue weighted by molar-refractivity contribution is -0.143. The topological polar surface area (TPSA) is 111 Å². The summed E-state index contributed by atoms with van der Waals surface area (Å²) in [4.78, 5) is 51.2. The van der Waals surface area contributed by atoms with Crippen LogP contribution in [-0.4, -0.2) is 61.5 Å². The van der Waals surface area contributed by atoms with E-state index in [2.05, 4.69) is 10.1 Å². The molecule has 34 heavy (non-hydrogen) atoms. The predicted molar refractivity (Wildman–Crippen MR) is 130 cm³/mol. The van der Waals surface area contributed by atoms with Crippen molar-refractivity contribution < 1.29 is 33.4 Å². The predicted octanol–water partition coefficient (Wildman–Crippen LogP) is 3.64. The zero-order chi connectivity index (χ0) is 24.7. The summed E-state index contributed by atoms with van der Waals surface area (Å²) in [5.41, 5.74) is 0.996. The number of rotatable bonds is 9. The molecule has 0 spiro atoms. The van der Waals surface area contributed by atoms with Gasteiger partial charge in [-0.05, 0) is 48.4 Å². The van der Waals surface area contributed by atoms with Gasteiger partial charge in [0.25, 0.3) is 11.1 Å². The Labute approximate surface area is 204 Å². The van der Waals surface area contributed by atoms with Gasteiger partial charge in [-0.25, -0.2) is 4.79 Å². The van der Waals surface area contributed by atoms with Crippen molar-refractivity contribution in [1.29, 1.82) is 0 Å². The summed E-state index contributed by atoms with van der Waals surface area (Å²) < 4.78 is 15.4. The van der Waals surface area contributed by atoms with E-state index in [1.54, 1.807) is 36.4 Å². The van der Waals surface area contributed by atoms with Crippen LogP contribution in [0.2, 0.25) is 0 Å². The van der Waals surface area contributed by atoms with E-state index < -0.39 is 29.6 Å². The summed E-state index contributed by atoms with van der Waals surface area (Å²) in [6.45, 7) is -0.785. The monoisotopic (exact) mass is 502 g/mol. The second kappa shape index (κ2) is 11.6. The fraction of sp³-hybridized carbons (Fsp3) is 0.217. The highest BCUT2D eigenvalue weighted by Gasteiger charge is 2.36. The van der Waals surface area contributed by atoms with Crippen molar-refractivity contribution in [2.75, 3.05) is 38.9 Å². The molecule has 1 heterocycles. The minimum absolute atomic E-state index is 0.110. The van der Waals surface area contributed by atoms with Crippen molar-refractivity contribution in [1.82, 2.24) is 4.90 Å². The average molecular weight is 503 g/mol. The number of benzene rings is 2. The lowest BCUT2D eigenvalue weighted by Gasteiger charge is -2.13. The number of thioether (sulfide) groups is 2. The van der Waals surface area contributed by atoms with Crippen LogP contribution >= 0.6 is 23.5 Å². The zero-order valence-electron chi connectivity index (χ0n) is 18.7. The van der Waals surface area contributed by atoms with Crippen molar-refractivity contribution in [2.45, 2.75) is 4.90 Å². The third kappa shape index (κ3) is 6.12. The molecule has 3 rings (SSSR count). The van der Waals surface area contributed by atoms with E-state index in [0.29, 0.717) is 28.8 Å². The Morgan fingerprint density at radius 2 is 1.91 bits per heavy atom. The molecular formula is C23H22N2O7S2. The number of hydrogen-bond donors (Lipinski definition) is 1. The Morgan fingerprint density at radius 3 is 2.62 bits per heavy atom. The van der Waals surface area contributed by atoms with Crippen molar-refractivity contribution in [2.24, 2.45) is 0 Å². The Hall–Kier alpha value is -3.44. The molecular weight excluding hydrogens is 480 g/mol. The van der Waals surface area contributed by atoms with Crippen LogP contribution in [0.25, 0.3) is 6.08 Å². The van der Waals surface area contributed by atoms with Crippen LogP contribution in [0, 0.1) is 0 Å². The second-order valence-corrected chi connectivity index (χ2v) is 8.66. The van der Waals surface area contributed by atoms with Crippen LogP contribution in [0.5, 0.6) is 11.5 Å². The molecule has 1 fully saturated rings. The molecule has 1 aliphatic rings. The first-order chi connectivity index (χ1) is 16.4. The number of nitrogens with zero attached hydrogens (tertiary/aromatic N) is 1. The van der Waals surface area contributed by atoms with Gasteiger partial charge >= 0.3 is 5.97 Å². The summed E-state index contributed by atoms with van der Waals surface area (Å²) in [5.74, 6) is -1.14. The number of esters is 1. The van der Waals surface area contributed by atoms with Crippen LogP contribution in [0.4, 0.5) is 10.5 Å². The van der Waals surface area contributed by atoms with Gasteiger partial charge in [-0.3, -0.25) is 19.3 Å². The standard InChI is InChI=1S/C23H22N2O7S2/c1-30-17-9-4-6-14(21(17)32-13-20(27)31-2)10-18-22(28)25(23(29)34-18)12-19(26)24-15-7-5-8-16(11-15)33-3/h4-11H,12-13H2,1-3H3,(H,24,26)/b18-10+. The minimum Gasteiger partial charge on any atom is -0.493 e. The van der Waals surface area contributed by atoms with Crippen LogP contribution in [-0.2, 0) is 19.1 Å². The van der Waals surface area contributed by atoms with E-state index in [9.17, 15) is 19.2 Å². The summed E-state index contributed by atoms with van der Waals surface area (Å²) >= 11 is 2.24. The maximum atomic E-state index is 12.9. The molecule has 3 amide bonds. The number of imide groups is 1. The molecule has 1 saturated heterocycles. The van der Waals surface area contributed by atoms with E-state index in [4.69, 9.17) is 9.47 Å². The molecule has 0 radical (unpaired) electrons. The third-order valence-corrected chi connectivity index (χ3v) is 6.24. The molecule has 0 saturated carbocycles. The van der Waals surface area contributed by atoms with E-state index in [-0.39, 0.29) is 17.3 Å². The number of anilines is 1. The molecule has 2 aromatic carbocycles. The van der Waals surface area contributed by atoms with Gasteiger partial charge in [-0.15, -0.1) is 11.8 Å². The second-order valence-electron chi connectivity index (χ2n) is 6.79. The minimum atomic E-state index is -0.607. The van der Waals surface area contributed by atoms with Crippen molar-refractivity contribution in [3.8, 4) is 11.5 Å². The molecule has 0 aliphatic carbocycles. The molecule has 1 N–H and O–H groups in total. The third-order valence-electron chi connectivity index (χ3n) is 4.61. The lowest BCUT2D eigenvalue weighted by Crippen LogP contribution is -2.36. The van der Waals surface area contributed by atoms with Crippen molar-refractivity contribution >= 4 is 58.3 Å². The van der Waals surface area contributed by atoms with Gasteiger partial charge in [-0.1, -0.05) is 18.2 Å². The lowest BCUT2D eigenvalue weighted by atomic mass is 10.1. The summed E-state index contributed by atoms with van der Waals surface area (Å²) in [7, 11) is 2.67. The first-order valence-electron chi connectivity index (χ1n) is 9.92. The van der Waals surface area contributed by atoms with E-state index in [1.165, 1.54) is 32.1 Å². The summed E-state index contributed by atoms with van der Waals surface area (Å²) in [6.07, 6.45) is 3.38. The zero-order valence-corrected chi connectivity index (χ0v) is 20.3. The summed E-state index contributed by atoms with van der Waals surface area (Å²) in [6, 6.07) is 12.2. The number of methoxy groups -OCH3 is 2. The van der Waals surface area contributed by atoms with E-state index in [0.717, 1.165) is 9.80 Å². The highest BCUT2D eigenvalue weighted by atomic mass is 32.2. The number of carbonyl (C=O) groups is 4. The smallest absolute Gasteiger partial charge is 0.343 e. The van der Waals surface area contributed by atoms with Gasteiger partial charge in [0.15, 0.2) is 18.1 Å². The molecule has 0 aromatic heterocycles. The van der Waals surface area contributed by atoms with Crippen molar-refractivity contribution in [3.63, 3.8) is 0 Å². The van der Waals surface area contributed by atoms with Gasteiger partial charge in [-0.2, -0.15) is 0 Å². The molecule has 0 bridgehead atoms. The van der Waals surface area contributed by atoms with Crippen LogP contribution in [0.1, 0.15) is 5.56 Å². The quantitative estimate of drug-likeness (QED) is 0.312. The van der Waals surface area contributed by atoms with Gasteiger partial charge in [0.1, 0.15) is 6.54 Å². The van der Waals surface area contributed by atoms with Crippen molar-refractivity contribution in [3.05, 3.63) is 52.9 Å². The Balaban J connectivity index is 1.76. The Morgan fingerprint density at radius 1 is 1.15 bits per heavy atom. The fourth-order valence-electron chi connectivity index (χ4n) is 2.97. The largest absolute Gasteiger partial charge is 0.493 e. The molecule has 0 atom stereocenters. The van der Waals surface area contributed by atoms with Crippen LogP contribution in [0.3, 0.4) is 0 Å². The highest BCUT2D eigenvalue weighted by Crippen LogP contribution is 2.37. The number of hydrogen-bond acceptors (Lipinski definition) is 9. The van der Waals surface area contributed by atoms with Gasteiger partial charge in [0.2, 0.25) is 5.91 Å². The molecule has 0 unspecified atom stereocenters. The van der Waals surface area contributed by atoms with E-state index >= 15 is 0 Å². The van der Waals surface area contributed by atoms with E-state index in [1.807, 2.05) is 12.3 Å². The number of para-hydroxylation sites is 1. The number of carbonyl (C=O) groups excluding carboxylic acids is 4. The summed E-state index contributed by atoms with van der Waals surface area (Å²) in [5, 5.41) is 2.13. The molecule has 11 heteroatoms. The highest BCUT2D eigenvalue weighted by molar-refractivity contribution is 8.18. The Kier molecular flexibility index (Phi) is 8.61. The SMILES string of the molecule is COC(=O)COc1c(/C=C2/SC(=O)N(CC(=O)Nc3cccc(SC)c3)C2=O)cccc1OC. The van der Waals surface area contributed by atoms with Crippen LogP contribution in [0.15, 0.2) is 52.3 Å². The maximum Gasteiger partial charge on any atom is 0.343 e. The number of ether oxygens (including phenoxy) is 3. The maximum absolute atomic E-state index is 12.9. The average Bonchev–Trinajstić information content (AvgIpc) is 3.10. The molecule has 2 aromatic rings. The fourth-order valence-corrected chi connectivity index (χ4v) is 4.26. The van der Waals surface area contributed by atoms with Gasteiger partial charge in [0, 0.05) is 16.1 Å². The first-order valence-corrected chi connectivity index (χ1v) is 12.0. The molecule has 9 nitrogen and oxygen atoms in total. The first kappa shape index (κ1) is 25.2. The number of amides is 3. The van der Waals surface area contributed by atoms with Gasteiger partial charge in [0.05, 0.1) is 19.1 Å². The molecule has 178 valence electrons. The Bertz CT molecular complexity index is 1150. The van der Waals surface area contributed by atoms with Crippen LogP contribution < -0.4 is 14.8 Å². The van der Waals surface area contributed by atoms with Gasteiger partial charge < -0.3 is 19.5 Å². The number of nitrogens with one attached hydrogen (secondary N) is 1.